The minimum Gasteiger partial charge on any atom is -0.493 e. The summed E-state index contributed by atoms with van der Waals surface area (Å²) >= 11 is 0. The summed E-state index contributed by atoms with van der Waals surface area (Å²) in [4.78, 5) is 26.7. The highest BCUT2D eigenvalue weighted by molar-refractivity contribution is 5.89. The Labute approximate surface area is 154 Å². The number of methoxy groups -OCH3 is 1. The van der Waals surface area contributed by atoms with E-state index in [9.17, 15) is 9.59 Å². The molecule has 0 radical (unpaired) electrons. The summed E-state index contributed by atoms with van der Waals surface area (Å²) in [5.41, 5.74) is 0.940. The van der Waals surface area contributed by atoms with Crippen LogP contribution in [-0.4, -0.2) is 43.0 Å². The molecule has 1 aromatic carbocycles. The van der Waals surface area contributed by atoms with E-state index >= 15 is 0 Å². The number of rotatable bonds is 7. The van der Waals surface area contributed by atoms with Crippen LogP contribution in [0.15, 0.2) is 18.2 Å². The number of carbonyl (C=O) groups is 2. The molecule has 1 atom stereocenters. The van der Waals surface area contributed by atoms with Crippen LogP contribution in [0.1, 0.15) is 44.6 Å². The van der Waals surface area contributed by atoms with Gasteiger partial charge in [0, 0.05) is 25.6 Å². The second-order valence-electron chi connectivity index (χ2n) is 7.02. The Bertz CT molecular complexity index is 655. The van der Waals surface area contributed by atoms with Crippen LogP contribution in [0, 0.1) is 5.92 Å². The third-order valence-corrected chi connectivity index (χ3v) is 5.29. The number of nitrogens with one attached hydrogen (secondary N) is 1. The highest BCUT2D eigenvalue weighted by atomic mass is 16.5. The molecule has 26 heavy (non-hydrogen) atoms. The normalized spacial score (nSPS) is 20.5. The molecule has 1 saturated carbocycles. The van der Waals surface area contributed by atoms with E-state index in [4.69, 9.17) is 9.47 Å². The van der Waals surface area contributed by atoms with Gasteiger partial charge in [-0.2, -0.15) is 0 Å². The van der Waals surface area contributed by atoms with Gasteiger partial charge in [0.2, 0.25) is 11.8 Å². The SMILES string of the molecule is CCOc1ccc(CNC(=O)[C@@H]2CC(=O)N(C3CCCC3)C2)cc1OC. The lowest BCUT2D eigenvalue weighted by Gasteiger charge is -2.23. The van der Waals surface area contributed by atoms with Gasteiger partial charge in [0.1, 0.15) is 0 Å². The minimum atomic E-state index is -0.243. The molecule has 1 aliphatic heterocycles. The molecule has 142 valence electrons. The lowest BCUT2D eigenvalue weighted by Crippen LogP contribution is -2.36. The zero-order valence-corrected chi connectivity index (χ0v) is 15.6. The van der Waals surface area contributed by atoms with Gasteiger partial charge in [-0.05, 0) is 37.5 Å². The summed E-state index contributed by atoms with van der Waals surface area (Å²) in [6.07, 6.45) is 4.85. The summed E-state index contributed by atoms with van der Waals surface area (Å²) in [6, 6.07) is 5.98. The maximum Gasteiger partial charge on any atom is 0.225 e. The van der Waals surface area contributed by atoms with Crippen LogP contribution in [0.4, 0.5) is 0 Å². The number of benzene rings is 1. The average molecular weight is 360 g/mol. The van der Waals surface area contributed by atoms with Crippen molar-refractivity contribution in [2.24, 2.45) is 5.92 Å². The molecular weight excluding hydrogens is 332 g/mol. The van der Waals surface area contributed by atoms with Crippen molar-refractivity contribution in [1.82, 2.24) is 10.2 Å². The third-order valence-electron chi connectivity index (χ3n) is 5.29. The van der Waals surface area contributed by atoms with Crippen molar-refractivity contribution in [3.63, 3.8) is 0 Å². The molecule has 1 aliphatic carbocycles. The van der Waals surface area contributed by atoms with E-state index in [0.717, 1.165) is 18.4 Å². The van der Waals surface area contributed by atoms with Crippen LogP contribution >= 0.6 is 0 Å². The first-order chi connectivity index (χ1) is 12.6. The Morgan fingerprint density at radius 3 is 2.73 bits per heavy atom. The lowest BCUT2D eigenvalue weighted by molar-refractivity contribution is -0.130. The summed E-state index contributed by atoms with van der Waals surface area (Å²) in [6.45, 7) is 3.46. The van der Waals surface area contributed by atoms with E-state index in [1.54, 1.807) is 7.11 Å². The molecule has 6 heteroatoms. The average Bonchev–Trinajstić information content (AvgIpc) is 3.30. The molecule has 1 aromatic rings. The van der Waals surface area contributed by atoms with Crippen molar-refractivity contribution in [2.45, 2.75) is 51.6 Å². The van der Waals surface area contributed by atoms with E-state index in [0.29, 0.717) is 43.7 Å². The number of nitrogens with zero attached hydrogens (tertiary/aromatic N) is 1. The highest BCUT2D eigenvalue weighted by Crippen LogP contribution is 2.30. The second-order valence-corrected chi connectivity index (χ2v) is 7.02. The number of carbonyl (C=O) groups excluding carboxylic acids is 2. The van der Waals surface area contributed by atoms with Crippen molar-refractivity contribution in [2.75, 3.05) is 20.3 Å². The lowest BCUT2D eigenvalue weighted by atomic mass is 10.1. The maximum atomic E-state index is 12.5. The van der Waals surface area contributed by atoms with Crippen LogP contribution in [0.2, 0.25) is 0 Å². The standard InChI is InChI=1S/C20H28N2O4/c1-3-26-17-9-8-14(10-18(17)25-2)12-21-20(24)15-11-19(23)22(13-15)16-6-4-5-7-16/h8-10,15-16H,3-7,11-13H2,1-2H3,(H,21,24)/t15-/m1/s1. The number of ether oxygens (including phenoxy) is 2. The van der Waals surface area contributed by atoms with E-state index in [2.05, 4.69) is 5.32 Å². The van der Waals surface area contributed by atoms with E-state index in [-0.39, 0.29) is 17.7 Å². The molecule has 1 N–H and O–H groups in total. The van der Waals surface area contributed by atoms with E-state index < -0.39 is 0 Å². The Morgan fingerprint density at radius 2 is 2.04 bits per heavy atom. The Kier molecular flexibility index (Phi) is 6.01. The molecule has 0 aromatic heterocycles. The van der Waals surface area contributed by atoms with E-state index in [1.165, 1.54) is 12.8 Å². The van der Waals surface area contributed by atoms with Gasteiger partial charge in [-0.1, -0.05) is 18.9 Å². The highest BCUT2D eigenvalue weighted by Gasteiger charge is 2.38. The molecule has 0 spiro atoms. The molecule has 1 heterocycles. The number of hydrogen-bond donors (Lipinski definition) is 1. The third kappa shape index (κ3) is 4.11. The zero-order valence-electron chi connectivity index (χ0n) is 15.6. The quantitative estimate of drug-likeness (QED) is 0.811. The topological polar surface area (TPSA) is 67.9 Å². The van der Waals surface area contributed by atoms with E-state index in [1.807, 2.05) is 30.0 Å². The molecule has 2 amide bonds. The van der Waals surface area contributed by atoms with Crippen molar-refractivity contribution >= 4 is 11.8 Å². The summed E-state index contributed by atoms with van der Waals surface area (Å²) in [7, 11) is 1.60. The fourth-order valence-electron chi connectivity index (χ4n) is 3.91. The predicted octanol–water partition coefficient (Wildman–Crippen LogP) is 2.50. The van der Waals surface area contributed by atoms with Gasteiger partial charge >= 0.3 is 0 Å². The van der Waals surface area contributed by atoms with Crippen LogP contribution in [0.5, 0.6) is 11.5 Å². The largest absolute Gasteiger partial charge is 0.493 e. The second kappa shape index (κ2) is 8.43. The van der Waals surface area contributed by atoms with Gasteiger partial charge in [0.25, 0.3) is 0 Å². The first kappa shape index (κ1) is 18.5. The van der Waals surface area contributed by atoms with Gasteiger partial charge in [-0.25, -0.2) is 0 Å². The fraction of sp³-hybridized carbons (Fsp3) is 0.600. The van der Waals surface area contributed by atoms with Crippen molar-refractivity contribution in [1.29, 1.82) is 0 Å². The fourth-order valence-corrected chi connectivity index (χ4v) is 3.91. The van der Waals surface area contributed by atoms with Crippen LogP contribution in [0.25, 0.3) is 0 Å². The Hall–Kier alpha value is -2.24. The molecule has 2 fully saturated rings. The molecule has 2 aliphatic rings. The number of amides is 2. The first-order valence-electron chi connectivity index (χ1n) is 9.49. The maximum absolute atomic E-state index is 12.5. The molecular formula is C20H28N2O4. The van der Waals surface area contributed by atoms with Gasteiger partial charge in [-0.15, -0.1) is 0 Å². The Balaban J connectivity index is 1.55. The monoisotopic (exact) mass is 360 g/mol. The number of hydrogen-bond acceptors (Lipinski definition) is 4. The summed E-state index contributed by atoms with van der Waals surface area (Å²) in [5.74, 6) is 1.18. The van der Waals surface area contributed by atoms with Crippen molar-refractivity contribution in [3.05, 3.63) is 23.8 Å². The summed E-state index contributed by atoms with van der Waals surface area (Å²) < 4.78 is 10.8. The smallest absolute Gasteiger partial charge is 0.225 e. The van der Waals surface area contributed by atoms with Gasteiger partial charge in [0.15, 0.2) is 11.5 Å². The molecule has 6 nitrogen and oxygen atoms in total. The molecule has 3 rings (SSSR count). The van der Waals surface area contributed by atoms with Crippen LogP contribution in [0.3, 0.4) is 0 Å². The minimum absolute atomic E-state index is 0.0494. The van der Waals surface area contributed by atoms with Crippen molar-refractivity contribution < 1.29 is 19.1 Å². The van der Waals surface area contributed by atoms with Crippen LogP contribution < -0.4 is 14.8 Å². The molecule has 1 saturated heterocycles. The Morgan fingerprint density at radius 1 is 1.27 bits per heavy atom. The summed E-state index contributed by atoms with van der Waals surface area (Å²) in [5, 5.41) is 2.96. The predicted molar refractivity (Wildman–Crippen MR) is 98.1 cm³/mol. The molecule has 0 bridgehead atoms. The van der Waals surface area contributed by atoms with Crippen molar-refractivity contribution in [3.8, 4) is 11.5 Å². The number of likely N-dealkylation sites (tertiary alicyclic amines) is 1. The van der Waals surface area contributed by atoms with Gasteiger partial charge < -0.3 is 19.7 Å². The van der Waals surface area contributed by atoms with Gasteiger partial charge in [-0.3, -0.25) is 9.59 Å². The van der Waals surface area contributed by atoms with Crippen LogP contribution in [-0.2, 0) is 16.1 Å². The van der Waals surface area contributed by atoms with Gasteiger partial charge in [0.05, 0.1) is 19.6 Å². The zero-order chi connectivity index (χ0) is 18.5. The molecule has 0 unspecified atom stereocenters. The first-order valence-corrected chi connectivity index (χ1v) is 9.49.